The van der Waals surface area contributed by atoms with Gasteiger partial charge >= 0.3 is 0 Å². The Labute approximate surface area is 181 Å². The van der Waals surface area contributed by atoms with Crippen LogP contribution in [0.15, 0.2) is 78.9 Å². The molecule has 0 radical (unpaired) electrons. The number of carbonyl (C=O) groups is 2. The molecule has 1 N–H and O–H groups in total. The minimum absolute atomic E-state index is 0.283. The number of hydrogen-bond donors (Lipinski definition) is 1. The molecule has 7 heteroatoms. The van der Waals surface area contributed by atoms with Gasteiger partial charge in [0.1, 0.15) is 17.3 Å². The van der Waals surface area contributed by atoms with E-state index in [1.807, 2.05) is 30.3 Å². The second-order valence-electron chi connectivity index (χ2n) is 6.88. The van der Waals surface area contributed by atoms with E-state index in [0.717, 1.165) is 11.1 Å². The standard InChI is InChI=1S/C24H23NO5S/c1-2-30-23-11-7-6-10-21(23)25-24(27)17-31(28,29)16-22(26)20-14-12-19(13-15-20)18-8-4-3-5-9-18/h3-15H,2,16-17H2,1H3,(H,25,27). The van der Waals surface area contributed by atoms with E-state index in [9.17, 15) is 18.0 Å². The van der Waals surface area contributed by atoms with Crippen LogP contribution >= 0.6 is 0 Å². The third-order valence-corrected chi connectivity index (χ3v) is 5.88. The van der Waals surface area contributed by atoms with Gasteiger partial charge in [-0.25, -0.2) is 8.42 Å². The molecule has 0 unspecified atom stereocenters. The zero-order chi connectivity index (χ0) is 22.3. The Morgan fingerprint density at radius 1 is 0.806 bits per heavy atom. The highest BCUT2D eigenvalue weighted by atomic mass is 32.2. The second-order valence-corrected chi connectivity index (χ2v) is 8.94. The highest BCUT2D eigenvalue weighted by Gasteiger charge is 2.22. The van der Waals surface area contributed by atoms with E-state index >= 15 is 0 Å². The van der Waals surface area contributed by atoms with E-state index in [1.54, 1.807) is 55.5 Å². The van der Waals surface area contributed by atoms with Gasteiger partial charge in [-0.3, -0.25) is 9.59 Å². The SMILES string of the molecule is CCOc1ccccc1NC(=O)CS(=O)(=O)CC(=O)c1ccc(-c2ccccc2)cc1. The summed E-state index contributed by atoms with van der Waals surface area (Å²) in [5, 5.41) is 2.54. The molecular weight excluding hydrogens is 414 g/mol. The van der Waals surface area contributed by atoms with Crippen molar-refractivity contribution in [2.75, 3.05) is 23.4 Å². The van der Waals surface area contributed by atoms with E-state index in [0.29, 0.717) is 18.0 Å². The van der Waals surface area contributed by atoms with Crippen molar-refractivity contribution in [3.8, 4) is 16.9 Å². The Balaban J connectivity index is 1.62. The smallest absolute Gasteiger partial charge is 0.239 e. The zero-order valence-electron chi connectivity index (χ0n) is 17.1. The molecule has 0 saturated carbocycles. The molecule has 0 aliphatic rings. The van der Waals surface area contributed by atoms with Gasteiger partial charge in [0.2, 0.25) is 5.91 Å². The fourth-order valence-corrected chi connectivity index (χ4v) is 4.19. The van der Waals surface area contributed by atoms with Crippen LogP contribution in [0.1, 0.15) is 17.3 Å². The number of carbonyl (C=O) groups excluding carboxylic acids is 2. The molecular formula is C24H23NO5S. The number of nitrogens with one attached hydrogen (secondary N) is 1. The number of amides is 1. The molecule has 0 fully saturated rings. The van der Waals surface area contributed by atoms with E-state index in [1.165, 1.54) is 0 Å². The van der Waals surface area contributed by atoms with Gasteiger partial charge in [-0.1, -0.05) is 66.7 Å². The van der Waals surface area contributed by atoms with Gasteiger partial charge in [0, 0.05) is 5.56 Å². The third kappa shape index (κ3) is 6.26. The van der Waals surface area contributed by atoms with Crippen molar-refractivity contribution in [1.82, 2.24) is 0 Å². The molecule has 6 nitrogen and oxygen atoms in total. The van der Waals surface area contributed by atoms with Gasteiger partial charge in [0.25, 0.3) is 0 Å². The molecule has 0 heterocycles. The molecule has 1 amide bonds. The molecule has 0 atom stereocenters. The number of rotatable bonds is 9. The van der Waals surface area contributed by atoms with E-state index < -0.39 is 33.0 Å². The molecule has 0 saturated heterocycles. The molecule has 0 bridgehead atoms. The number of sulfone groups is 1. The van der Waals surface area contributed by atoms with Crippen molar-refractivity contribution in [2.24, 2.45) is 0 Å². The van der Waals surface area contributed by atoms with Gasteiger partial charge < -0.3 is 10.1 Å². The van der Waals surface area contributed by atoms with Crippen LogP contribution in [-0.4, -0.2) is 38.2 Å². The van der Waals surface area contributed by atoms with Crippen molar-refractivity contribution < 1.29 is 22.7 Å². The van der Waals surface area contributed by atoms with Gasteiger partial charge in [-0.2, -0.15) is 0 Å². The molecule has 3 aromatic rings. The first-order valence-corrected chi connectivity index (χ1v) is 11.6. The topological polar surface area (TPSA) is 89.5 Å². The van der Waals surface area contributed by atoms with E-state index in [-0.39, 0.29) is 5.56 Å². The van der Waals surface area contributed by atoms with Gasteiger partial charge in [0.15, 0.2) is 15.6 Å². The van der Waals surface area contributed by atoms with Crippen LogP contribution in [0.3, 0.4) is 0 Å². The predicted octanol–water partition coefficient (Wildman–Crippen LogP) is 3.99. The van der Waals surface area contributed by atoms with Gasteiger partial charge in [0.05, 0.1) is 12.3 Å². The summed E-state index contributed by atoms with van der Waals surface area (Å²) in [5.41, 5.74) is 2.59. The monoisotopic (exact) mass is 437 g/mol. The number of ether oxygens (including phenoxy) is 1. The first-order valence-electron chi connectivity index (χ1n) is 9.79. The van der Waals surface area contributed by atoms with Crippen LogP contribution in [0.2, 0.25) is 0 Å². The second kappa shape index (κ2) is 10.0. The van der Waals surface area contributed by atoms with Crippen LogP contribution < -0.4 is 10.1 Å². The maximum Gasteiger partial charge on any atom is 0.239 e. The van der Waals surface area contributed by atoms with Crippen molar-refractivity contribution in [2.45, 2.75) is 6.92 Å². The van der Waals surface area contributed by atoms with E-state index in [2.05, 4.69) is 5.32 Å². The van der Waals surface area contributed by atoms with Crippen molar-refractivity contribution in [1.29, 1.82) is 0 Å². The lowest BCUT2D eigenvalue weighted by atomic mass is 10.0. The Morgan fingerprint density at radius 2 is 1.42 bits per heavy atom. The van der Waals surface area contributed by atoms with Crippen LogP contribution in [0.25, 0.3) is 11.1 Å². The number of para-hydroxylation sites is 2. The fraction of sp³-hybridized carbons (Fsp3) is 0.167. The first kappa shape index (κ1) is 22.2. The third-order valence-electron chi connectivity index (χ3n) is 4.48. The number of hydrogen-bond acceptors (Lipinski definition) is 5. The normalized spacial score (nSPS) is 11.0. The molecule has 0 aliphatic heterocycles. The number of benzene rings is 3. The molecule has 31 heavy (non-hydrogen) atoms. The minimum Gasteiger partial charge on any atom is -0.492 e. The van der Waals surface area contributed by atoms with Crippen LogP contribution in [0.4, 0.5) is 5.69 Å². The summed E-state index contributed by atoms with van der Waals surface area (Å²) in [6, 6.07) is 23.1. The summed E-state index contributed by atoms with van der Waals surface area (Å²) in [4.78, 5) is 24.7. The molecule has 3 aromatic carbocycles. The van der Waals surface area contributed by atoms with Crippen molar-refractivity contribution in [3.05, 3.63) is 84.4 Å². The molecule has 0 spiro atoms. The highest BCUT2D eigenvalue weighted by molar-refractivity contribution is 7.92. The molecule has 3 rings (SSSR count). The van der Waals surface area contributed by atoms with Crippen molar-refractivity contribution >= 4 is 27.2 Å². The van der Waals surface area contributed by atoms with Crippen LogP contribution in [-0.2, 0) is 14.6 Å². The van der Waals surface area contributed by atoms with Crippen LogP contribution in [0.5, 0.6) is 5.75 Å². The zero-order valence-corrected chi connectivity index (χ0v) is 17.9. The quantitative estimate of drug-likeness (QED) is 0.511. The van der Waals surface area contributed by atoms with Crippen molar-refractivity contribution in [3.63, 3.8) is 0 Å². The first-order chi connectivity index (χ1) is 14.9. The number of anilines is 1. The Hall–Kier alpha value is -3.45. The Kier molecular flexibility index (Phi) is 7.20. The van der Waals surface area contributed by atoms with Gasteiger partial charge in [-0.15, -0.1) is 0 Å². The number of ketones is 1. The molecule has 160 valence electrons. The van der Waals surface area contributed by atoms with E-state index in [4.69, 9.17) is 4.74 Å². The largest absolute Gasteiger partial charge is 0.492 e. The molecule has 0 aromatic heterocycles. The minimum atomic E-state index is -3.94. The number of Topliss-reactive ketones (excluding diaryl/α,β-unsaturated/α-hetero) is 1. The lowest BCUT2D eigenvalue weighted by molar-refractivity contribution is -0.113. The Morgan fingerprint density at radius 3 is 2.10 bits per heavy atom. The summed E-state index contributed by atoms with van der Waals surface area (Å²) < 4.78 is 30.2. The Bertz CT molecular complexity index is 1160. The highest BCUT2D eigenvalue weighted by Crippen LogP contribution is 2.24. The maximum atomic E-state index is 12.5. The summed E-state index contributed by atoms with van der Waals surface area (Å²) >= 11 is 0. The lowest BCUT2D eigenvalue weighted by Gasteiger charge is -2.11. The predicted molar refractivity (Wildman–Crippen MR) is 121 cm³/mol. The average molecular weight is 438 g/mol. The lowest BCUT2D eigenvalue weighted by Crippen LogP contribution is -2.27. The average Bonchev–Trinajstić information content (AvgIpc) is 2.75. The van der Waals surface area contributed by atoms with Crippen LogP contribution in [0, 0.1) is 0 Å². The maximum absolute atomic E-state index is 12.5. The van der Waals surface area contributed by atoms with Gasteiger partial charge in [-0.05, 0) is 30.2 Å². The summed E-state index contributed by atoms with van der Waals surface area (Å²) in [6.45, 7) is 2.21. The fourth-order valence-electron chi connectivity index (χ4n) is 3.05. The summed E-state index contributed by atoms with van der Waals surface area (Å²) in [6.07, 6.45) is 0. The summed E-state index contributed by atoms with van der Waals surface area (Å²) in [5.74, 6) is -2.36. The molecule has 0 aliphatic carbocycles. The summed E-state index contributed by atoms with van der Waals surface area (Å²) in [7, 11) is -3.94.